The molecule has 0 rings (SSSR count). The third-order valence-corrected chi connectivity index (χ3v) is 1.86. The Morgan fingerprint density at radius 3 is 2.50 bits per heavy atom. The molecule has 0 aliphatic rings. The van der Waals surface area contributed by atoms with Crippen molar-refractivity contribution in [2.24, 2.45) is 11.5 Å². The van der Waals surface area contributed by atoms with Gasteiger partial charge in [-0.3, -0.25) is 9.59 Å². The van der Waals surface area contributed by atoms with E-state index in [1.165, 1.54) is 6.08 Å². The molecule has 0 saturated heterocycles. The maximum atomic E-state index is 11.5. The monoisotopic (exact) mass is 255 g/mol. The molecular weight excluding hydrogens is 238 g/mol. The predicted molar refractivity (Wildman–Crippen MR) is 65.3 cm³/mol. The highest BCUT2D eigenvalue weighted by Crippen LogP contribution is 1.92. The molecule has 0 aliphatic heterocycles. The van der Waals surface area contributed by atoms with Crippen LogP contribution in [0, 0.1) is 0 Å². The maximum Gasteiger partial charge on any atom is 0.328 e. The van der Waals surface area contributed by atoms with Gasteiger partial charge < -0.3 is 21.9 Å². The number of hydrogen-bond acceptors (Lipinski definition) is 5. The summed E-state index contributed by atoms with van der Waals surface area (Å²) in [5, 5.41) is 10.8. The van der Waals surface area contributed by atoms with Crippen molar-refractivity contribution in [2.45, 2.75) is 19.4 Å². The lowest BCUT2D eigenvalue weighted by Gasteiger charge is -2.09. The first-order chi connectivity index (χ1) is 8.36. The minimum absolute atomic E-state index is 0.114. The molecule has 6 N–H and O–H groups in total. The van der Waals surface area contributed by atoms with Gasteiger partial charge in [-0.15, -0.1) is 0 Å². The second-order valence-corrected chi connectivity index (χ2v) is 3.56. The number of carbonyl (C=O) groups is 3. The standard InChI is InChI=1S/C11H17N3O4/c1-7(2-3-10(16)17)14-11(18)9(13)6-8(15)4-5-12/h2-3,6-7H,4-5,12-13H2,1H3,(H,14,18)(H,16,17)/b3-2+,9-6-/t7-/m0/s1. The molecule has 0 aliphatic carbocycles. The van der Waals surface area contributed by atoms with Crippen LogP contribution < -0.4 is 16.8 Å². The average Bonchev–Trinajstić information content (AvgIpc) is 2.26. The quantitative estimate of drug-likeness (QED) is 0.426. The fraction of sp³-hybridized carbons (Fsp3) is 0.364. The number of aliphatic carboxylic acids is 1. The topological polar surface area (TPSA) is 136 Å². The Kier molecular flexibility index (Phi) is 7.06. The highest BCUT2D eigenvalue weighted by molar-refractivity contribution is 6.01. The van der Waals surface area contributed by atoms with E-state index in [0.29, 0.717) is 0 Å². The Hall–Kier alpha value is -2.15. The number of carboxylic acids is 1. The zero-order chi connectivity index (χ0) is 14.1. The van der Waals surface area contributed by atoms with E-state index in [2.05, 4.69) is 5.32 Å². The molecule has 0 fully saturated rings. The molecular formula is C11H17N3O4. The molecule has 7 heteroatoms. The van der Waals surface area contributed by atoms with Crippen molar-refractivity contribution in [3.63, 3.8) is 0 Å². The number of amides is 1. The van der Waals surface area contributed by atoms with Crippen molar-refractivity contribution < 1.29 is 19.5 Å². The summed E-state index contributed by atoms with van der Waals surface area (Å²) in [6, 6.07) is -0.509. The van der Waals surface area contributed by atoms with Crippen molar-refractivity contribution in [1.29, 1.82) is 0 Å². The maximum absolute atomic E-state index is 11.5. The normalized spacial score (nSPS) is 13.3. The molecule has 0 bridgehead atoms. The van der Waals surface area contributed by atoms with E-state index >= 15 is 0 Å². The minimum Gasteiger partial charge on any atom is -0.478 e. The Balaban J connectivity index is 4.40. The van der Waals surface area contributed by atoms with Gasteiger partial charge in [0, 0.05) is 24.6 Å². The number of allylic oxidation sites excluding steroid dienone is 1. The van der Waals surface area contributed by atoms with Gasteiger partial charge in [-0.2, -0.15) is 0 Å². The summed E-state index contributed by atoms with van der Waals surface area (Å²) in [6.07, 6.45) is 3.32. The smallest absolute Gasteiger partial charge is 0.328 e. The van der Waals surface area contributed by atoms with Gasteiger partial charge in [-0.1, -0.05) is 6.08 Å². The Labute approximate surface area is 105 Å². The summed E-state index contributed by atoms with van der Waals surface area (Å²) in [4.78, 5) is 32.9. The minimum atomic E-state index is -1.11. The summed E-state index contributed by atoms with van der Waals surface area (Å²) in [5.41, 5.74) is 10.3. The summed E-state index contributed by atoms with van der Waals surface area (Å²) < 4.78 is 0. The molecule has 0 aromatic heterocycles. The zero-order valence-electron chi connectivity index (χ0n) is 10.1. The van der Waals surface area contributed by atoms with Crippen LogP contribution in [0.25, 0.3) is 0 Å². The number of nitrogens with two attached hydrogens (primary N) is 2. The molecule has 18 heavy (non-hydrogen) atoms. The van der Waals surface area contributed by atoms with Crippen LogP contribution in [0.3, 0.4) is 0 Å². The lowest BCUT2D eigenvalue weighted by molar-refractivity contribution is -0.131. The Morgan fingerprint density at radius 1 is 1.39 bits per heavy atom. The van der Waals surface area contributed by atoms with Crippen molar-refractivity contribution in [2.75, 3.05) is 6.54 Å². The van der Waals surface area contributed by atoms with E-state index in [4.69, 9.17) is 16.6 Å². The summed E-state index contributed by atoms with van der Waals surface area (Å²) >= 11 is 0. The van der Waals surface area contributed by atoms with E-state index in [1.807, 2.05) is 0 Å². The predicted octanol–water partition coefficient (Wildman–Crippen LogP) is -1.11. The number of ketones is 1. The van der Waals surface area contributed by atoms with Crippen molar-refractivity contribution in [3.8, 4) is 0 Å². The molecule has 0 heterocycles. The van der Waals surface area contributed by atoms with E-state index in [9.17, 15) is 14.4 Å². The highest BCUT2D eigenvalue weighted by atomic mass is 16.4. The molecule has 0 radical (unpaired) electrons. The van der Waals surface area contributed by atoms with Crippen LogP contribution in [0.1, 0.15) is 13.3 Å². The largest absolute Gasteiger partial charge is 0.478 e. The number of carboxylic acid groups (broad SMARTS) is 1. The van der Waals surface area contributed by atoms with Gasteiger partial charge in [0.1, 0.15) is 5.70 Å². The van der Waals surface area contributed by atoms with E-state index in [0.717, 1.165) is 12.2 Å². The lowest BCUT2D eigenvalue weighted by Crippen LogP contribution is -2.35. The van der Waals surface area contributed by atoms with Crippen LogP contribution in [-0.4, -0.2) is 35.4 Å². The fourth-order valence-corrected chi connectivity index (χ4v) is 1.02. The van der Waals surface area contributed by atoms with Gasteiger partial charge >= 0.3 is 5.97 Å². The first kappa shape index (κ1) is 15.9. The molecule has 100 valence electrons. The second-order valence-electron chi connectivity index (χ2n) is 3.56. The van der Waals surface area contributed by atoms with Crippen LogP contribution in [0.15, 0.2) is 23.9 Å². The van der Waals surface area contributed by atoms with E-state index < -0.39 is 17.9 Å². The SMILES string of the molecule is C[C@@H](/C=C/C(=O)O)NC(=O)/C(N)=C/C(=O)CCN. The number of carbonyl (C=O) groups excluding carboxylic acids is 2. The van der Waals surface area contributed by atoms with Gasteiger partial charge in [-0.25, -0.2) is 4.79 Å². The number of rotatable bonds is 7. The Morgan fingerprint density at radius 2 is 2.00 bits per heavy atom. The molecule has 1 amide bonds. The highest BCUT2D eigenvalue weighted by Gasteiger charge is 2.09. The zero-order valence-corrected chi connectivity index (χ0v) is 10.1. The van der Waals surface area contributed by atoms with Crippen molar-refractivity contribution >= 4 is 17.7 Å². The second kappa shape index (κ2) is 8.02. The Bertz CT molecular complexity index is 388. The third kappa shape index (κ3) is 7.18. The summed E-state index contributed by atoms with van der Waals surface area (Å²) in [6.45, 7) is 1.76. The molecule has 0 saturated carbocycles. The fourth-order valence-electron chi connectivity index (χ4n) is 1.02. The molecule has 0 aromatic carbocycles. The molecule has 1 atom stereocenters. The van der Waals surface area contributed by atoms with Crippen molar-refractivity contribution in [3.05, 3.63) is 23.9 Å². The van der Waals surface area contributed by atoms with Gasteiger partial charge in [0.05, 0.1) is 0 Å². The first-order valence-electron chi connectivity index (χ1n) is 5.29. The number of nitrogens with one attached hydrogen (secondary N) is 1. The van der Waals surface area contributed by atoms with Gasteiger partial charge in [0.25, 0.3) is 5.91 Å². The van der Waals surface area contributed by atoms with Gasteiger partial charge in [-0.05, 0) is 13.5 Å². The summed E-state index contributed by atoms with van der Waals surface area (Å²) in [7, 11) is 0. The van der Waals surface area contributed by atoms with Crippen LogP contribution >= 0.6 is 0 Å². The average molecular weight is 255 g/mol. The van der Waals surface area contributed by atoms with Crippen LogP contribution in [0.5, 0.6) is 0 Å². The van der Waals surface area contributed by atoms with Gasteiger partial charge in [0.2, 0.25) is 0 Å². The van der Waals surface area contributed by atoms with E-state index in [-0.39, 0.29) is 24.4 Å². The number of hydrogen-bond donors (Lipinski definition) is 4. The lowest BCUT2D eigenvalue weighted by atomic mass is 10.2. The van der Waals surface area contributed by atoms with E-state index in [1.54, 1.807) is 6.92 Å². The first-order valence-corrected chi connectivity index (χ1v) is 5.29. The van der Waals surface area contributed by atoms with Crippen molar-refractivity contribution in [1.82, 2.24) is 5.32 Å². The summed E-state index contributed by atoms with van der Waals surface area (Å²) in [5.74, 6) is -2.08. The molecule has 0 unspecified atom stereocenters. The van der Waals surface area contributed by atoms with Gasteiger partial charge in [0.15, 0.2) is 5.78 Å². The molecule has 0 spiro atoms. The third-order valence-electron chi connectivity index (χ3n) is 1.86. The van der Waals surface area contributed by atoms with Crippen LogP contribution in [0.4, 0.5) is 0 Å². The molecule has 0 aromatic rings. The van der Waals surface area contributed by atoms with Crippen LogP contribution in [-0.2, 0) is 14.4 Å². The van der Waals surface area contributed by atoms with Crippen LogP contribution in [0.2, 0.25) is 0 Å². The molecule has 7 nitrogen and oxygen atoms in total.